The van der Waals surface area contributed by atoms with Gasteiger partial charge in [0.25, 0.3) is 0 Å². The van der Waals surface area contributed by atoms with Crippen LogP contribution in [0.3, 0.4) is 0 Å². The Labute approximate surface area is 86.2 Å². The highest BCUT2D eigenvalue weighted by molar-refractivity contribution is 5.69. The summed E-state index contributed by atoms with van der Waals surface area (Å²) in [7, 11) is 0. The zero-order chi connectivity index (χ0) is 10.4. The zero-order valence-corrected chi connectivity index (χ0v) is 9.21. The van der Waals surface area contributed by atoms with E-state index in [2.05, 4.69) is 12.2 Å². The maximum absolute atomic E-state index is 11.0. The van der Waals surface area contributed by atoms with Gasteiger partial charge in [-0.3, -0.25) is 4.79 Å². The number of hydrogen-bond acceptors (Lipinski definition) is 3. The second kappa shape index (κ2) is 6.02. The summed E-state index contributed by atoms with van der Waals surface area (Å²) >= 11 is 0. The normalized spacial score (nSPS) is 17.9. The van der Waals surface area contributed by atoms with E-state index in [0.29, 0.717) is 19.1 Å². The van der Waals surface area contributed by atoms with Crippen molar-refractivity contribution in [3.8, 4) is 0 Å². The van der Waals surface area contributed by atoms with E-state index in [9.17, 15) is 4.79 Å². The van der Waals surface area contributed by atoms with Crippen molar-refractivity contribution in [1.29, 1.82) is 0 Å². The molecule has 3 nitrogen and oxygen atoms in total. The minimum Gasteiger partial charge on any atom is -0.466 e. The van der Waals surface area contributed by atoms with Crippen LogP contribution in [0.2, 0.25) is 0 Å². The molecule has 0 radical (unpaired) electrons. The van der Waals surface area contributed by atoms with Crippen LogP contribution < -0.4 is 5.32 Å². The number of esters is 1. The molecule has 0 spiro atoms. The first kappa shape index (κ1) is 11.5. The van der Waals surface area contributed by atoms with E-state index in [-0.39, 0.29) is 5.97 Å². The van der Waals surface area contributed by atoms with Crippen LogP contribution >= 0.6 is 0 Å². The van der Waals surface area contributed by atoms with Gasteiger partial charge in [0.1, 0.15) is 0 Å². The Hall–Kier alpha value is -0.570. The fraction of sp³-hybridized carbons (Fsp3) is 0.909. The molecule has 1 saturated carbocycles. The van der Waals surface area contributed by atoms with E-state index < -0.39 is 0 Å². The minimum absolute atomic E-state index is 0.0985. The first-order valence-electron chi connectivity index (χ1n) is 5.61. The Morgan fingerprint density at radius 2 is 2.29 bits per heavy atom. The van der Waals surface area contributed by atoms with Gasteiger partial charge < -0.3 is 10.1 Å². The summed E-state index contributed by atoms with van der Waals surface area (Å²) in [6.45, 7) is 5.24. The lowest BCUT2D eigenvalue weighted by Crippen LogP contribution is -2.29. The van der Waals surface area contributed by atoms with Crippen LogP contribution in [-0.4, -0.2) is 25.2 Å². The van der Waals surface area contributed by atoms with Gasteiger partial charge in [0.05, 0.1) is 13.0 Å². The van der Waals surface area contributed by atoms with E-state index in [0.717, 1.165) is 12.5 Å². The average Bonchev–Trinajstić information content (AvgIpc) is 2.88. The Kier molecular flexibility index (Phi) is 4.94. The molecule has 0 saturated heterocycles. The lowest BCUT2D eigenvalue weighted by molar-refractivity contribution is -0.142. The van der Waals surface area contributed by atoms with E-state index in [1.807, 2.05) is 6.92 Å². The fourth-order valence-corrected chi connectivity index (χ4v) is 1.59. The van der Waals surface area contributed by atoms with Crippen molar-refractivity contribution in [1.82, 2.24) is 5.32 Å². The van der Waals surface area contributed by atoms with E-state index in [1.165, 1.54) is 19.3 Å². The van der Waals surface area contributed by atoms with Gasteiger partial charge in [-0.25, -0.2) is 0 Å². The number of carbonyl (C=O) groups is 1. The largest absolute Gasteiger partial charge is 0.466 e. The van der Waals surface area contributed by atoms with E-state index >= 15 is 0 Å². The van der Waals surface area contributed by atoms with Gasteiger partial charge in [0, 0.05) is 12.6 Å². The average molecular weight is 199 g/mol. The summed E-state index contributed by atoms with van der Waals surface area (Å²) in [4.78, 5) is 11.0. The van der Waals surface area contributed by atoms with E-state index in [1.54, 1.807) is 0 Å². The summed E-state index contributed by atoms with van der Waals surface area (Å²) in [5.41, 5.74) is 0. The molecule has 0 aromatic heterocycles. The highest BCUT2D eigenvalue weighted by atomic mass is 16.5. The number of nitrogens with one attached hydrogen (secondary N) is 1. The summed E-state index contributed by atoms with van der Waals surface area (Å²) in [5, 5.41) is 3.34. The molecule has 0 aliphatic heterocycles. The van der Waals surface area contributed by atoms with Gasteiger partial charge in [0.15, 0.2) is 0 Å². The van der Waals surface area contributed by atoms with Crippen LogP contribution in [0.5, 0.6) is 0 Å². The summed E-state index contributed by atoms with van der Waals surface area (Å²) < 4.78 is 4.84. The molecule has 1 atom stereocenters. The predicted molar refractivity (Wildman–Crippen MR) is 56.1 cm³/mol. The van der Waals surface area contributed by atoms with E-state index in [4.69, 9.17) is 4.74 Å². The van der Waals surface area contributed by atoms with Crippen molar-refractivity contribution in [2.24, 2.45) is 5.92 Å². The molecule has 1 aliphatic carbocycles. The van der Waals surface area contributed by atoms with Crippen molar-refractivity contribution in [3.05, 3.63) is 0 Å². The zero-order valence-electron chi connectivity index (χ0n) is 9.21. The molecule has 0 aromatic carbocycles. The van der Waals surface area contributed by atoms with Crippen LogP contribution in [0.1, 0.15) is 39.5 Å². The molecule has 0 bridgehead atoms. The third-order valence-corrected chi connectivity index (χ3v) is 2.51. The SMILES string of the molecule is CCOC(=O)CCNC(C)CC1CC1. The first-order valence-corrected chi connectivity index (χ1v) is 5.61. The molecular weight excluding hydrogens is 178 g/mol. The Morgan fingerprint density at radius 1 is 1.57 bits per heavy atom. The minimum atomic E-state index is -0.0985. The lowest BCUT2D eigenvalue weighted by atomic mass is 10.1. The molecule has 1 unspecified atom stereocenters. The molecule has 1 rings (SSSR count). The van der Waals surface area contributed by atoms with Gasteiger partial charge in [-0.1, -0.05) is 12.8 Å². The van der Waals surface area contributed by atoms with Crippen molar-refractivity contribution in [3.63, 3.8) is 0 Å². The Bertz CT molecular complexity index is 178. The van der Waals surface area contributed by atoms with Gasteiger partial charge in [-0.05, 0) is 26.2 Å². The standard InChI is InChI=1S/C11H21NO2/c1-3-14-11(13)6-7-12-9(2)8-10-4-5-10/h9-10,12H,3-8H2,1-2H3. The molecule has 1 fully saturated rings. The molecular formula is C11H21NO2. The van der Waals surface area contributed by atoms with Gasteiger partial charge >= 0.3 is 5.97 Å². The van der Waals surface area contributed by atoms with Gasteiger partial charge in [-0.2, -0.15) is 0 Å². The van der Waals surface area contributed by atoms with Crippen molar-refractivity contribution in [2.75, 3.05) is 13.2 Å². The van der Waals surface area contributed by atoms with Crippen molar-refractivity contribution >= 4 is 5.97 Å². The smallest absolute Gasteiger partial charge is 0.307 e. The molecule has 14 heavy (non-hydrogen) atoms. The van der Waals surface area contributed by atoms with Crippen LogP contribution in [0.25, 0.3) is 0 Å². The van der Waals surface area contributed by atoms with Gasteiger partial charge in [0.2, 0.25) is 0 Å². The number of rotatable bonds is 7. The molecule has 0 aromatic rings. The monoisotopic (exact) mass is 199 g/mol. The third-order valence-electron chi connectivity index (χ3n) is 2.51. The Morgan fingerprint density at radius 3 is 2.86 bits per heavy atom. The van der Waals surface area contributed by atoms with Gasteiger partial charge in [-0.15, -0.1) is 0 Å². The molecule has 0 heterocycles. The number of carbonyl (C=O) groups excluding carboxylic acids is 1. The maximum Gasteiger partial charge on any atom is 0.307 e. The van der Waals surface area contributed by atoms with Crippen LogP contribution in [-0.2, 0) is 9.53 Å². The van der Waals surface area contributed by atoms with Crippen LogP contribution in [0.4, 0.5) is 0 Å². The summed E-state index contributed by atoms with van der Waals surface area (Å²) in [6.07, 6.45) is 4.53. The number of hydrogen-bond donors (Lipinski definition) is 1. The van der Waals surface area contributed by atoms with Crippen molar-refractivity contribution in [2.45, 2.75) is 45.6 Å². The van der Waals surface area contributed by atoms with Crippen molar-refractivity contribution < 1.29 is 9.53 Å². The topological polar surface area (TPSA) is 38.3 Å². The molecule has 82 valence electrons. The third kappa shape index (κ3) is 5.22. The summed E-state index contributed by atoms with van der Waals surface area (Å²) in [6, 6.07) is 0.539. The molecule has 1 N–H and O–H groups in total. The second-order valence-corrected chi connectivity index (χ2v) is 4.09. The molecule has 3 heteroatoms. The molecule has 0 amide bonds. The first-order chi connectivity index (χ1) is 6.72. The lowest BCUT2D eigenvalue weighted by Gasteiger charge is -2.12. The van der Waals surface area contributed by atoms with Crippen LogP contribution in [0.15, 0.2) is 0 Å². The van der Waals surface area contributed by atoms with Crippen LogP contribution in [0, 0.1) is 5.92 Å². The Balaban J connectivity index is 1.93. The second-order valence-electron chi connectivity index (χ2n) is 4.09. The molecule has 1 aliphatic rings. The fourth-order valence-electron chi connectivity index (χ4n) is 1.59. The highest BCUT2D eigenvalue weighted by Gasteiger charge is 2.23. The number of ether oxygens (including phenoxy) is 1. The predicted octanol–water partition coefficient (Wildman–Crippen LogP) is 1.72. The maximum atomic E-state index is 11.0. The quantitative estimate of drug-likeness (QED) is 0.634. The highest BCUT2D eigenvalue weighted by Crippen LogP contribution is 2.33. The summed E-state index contributed by atoms with van der Waals surface area (Å²) in [5.74, 6) is 0.846.